The smallest absolute Gasteiger partial charge is 0.245 e. The molecule has 24 N–H and O–H groups in total. The Bertz CT molecular complexity index is 5120. The minimum absolute atomic E-state index is 0.0402. The number of para-hydroxylation sites is 2. The summed E-state index contributed by atoms with van der Waals surface area (Å²) in [5, 5.41) is 37.0. The molecule has 748 valence electrons. The van der Waals surface area contributed by atoms with Crippen molar-refractivity contribution in [2.75, 3.05) is 45.8 Å². The number of carbonyl (C=O) groups is 14. The van der Waals surface area contributed by atoms with Crippen LogP contribution in [0.3, 0.4) is 0 Å². The van der Waals surface area contributed by atoms with Crippen molar-refractivity contribution < 1.29 is 67.1 Å². The van der Waals surface area contributed by atoms with E-state index in [-0.39, 0.29) is 158 Å². The van der Waals surface area contributed by atoms with Gasteiger partial charge in [-0.3, -0.25) is 77.1 Å². The normalized spacial score (nSPS) is 22.8. The van der Waals surface area contributed by atoms with Gasteiger partial charge in [-0.15, -0.1) is 0 Å². The lowest BCUT2D eigenvalue weighted by molar-refractivity contribution is -0.143. The topological polar surface area (TPSA) is 576 Å². The van der Waals surface area contributed by atoms with Gasteiger partial charge in [0, 0.05) is 112 Å². The Labute approximate surface area is 807 Å². The molecule has 14 amide bonds. The second kappa shape index (κ2) is 54.3. The molecule has 0 bridgehead atoms. The second-order valence-corrected chi connectivity index (χ2v) is 38.1. The number of aromatic amines is 2. The fourth-order valence-corrected chi connectivity index (χ4v) is 19.6. The highest BCUT2D eigenvalue weighted by Crippen LogP contribution is 2.32. The zero-order valence-corrected chi connectivity index (χ0v) is 79.9. The van der Waals surface area contributed by atoms with Crippen molar-refractivity contribution in [3.63, 3.8) is 0 Å². The van der Waals surface area contributed by atoms with Crippen LogP contribution in [-0.4, -0.2) is 233 Å². The third-order valence-electron chi connectivity index (χ3n) is 26.9. The average molecular weight is 1910 g/mol. The highest BCUT2D eigenvalue weighted by atomic mass is 16.2. The molecule has 4 aromatic carbocycles. The van der Waals surface area contributed by atoms with Gasteiger partial charge in [-0.25, -0.2) is 0 Å². The van der Waals surface area contributed by atoms with Gasteiger partial charge in [-0.05, 0) is 161 Å². The number of aliphatic imine (C=N–C) groups is 2. The predicted octanol–water partition coefficient (Wildman–Crippen LogP) is 4.17. The number of benzene rings is 4. The van der Waals surface area contributed by atoms with E-state index >= 15 is 0 Å². The van der Waals surface area contributed by atoms with Crippen LogP contribution >= 0.6 is 0 Å². The number of nitrogens with one attached hydrogen (secondary N) is 14. The van der Waals surface area contributed by atoms with E-state index in [9.17, 15) is 67.1 Å². The van der Waals surface area contributed by atoms with Crippen molar-refractivity contribution >= 4 is 116 Å². The fourth-order valence-electron chi connectivity index (χ4n) is 19.6. The molecule has 138 heavy (non-hydrogen) atoms. The molecule has 0 spiro atoms. The number of nitrogens with two attached hydrogens (primary N) is 5. The largest absolute Gasteiger partial charge is 0.370 e. The number of aromatic nitrogens is 2. The van der Waals surface area contributed by atoms with Crippen LogP contribution in [0.4, 0.5) is 0 Å². The molecule has 4 saturated heterocycles. The van der Waals surface area contributed by atoms with Crippen LogP contribution < -0.4 is 92.5 Å². The Morgan fingerprint density at radius 1 is 0.413 bits per heavy atom. The third kappa shape index (κ3) is 32.6. The van der Waals surface area contributed by atoms with Crippen molar-refractivity contribution in [1.29, 1.82) is 0 Å². The number of hydrogen-bond donors (Lipinski definition) is 19. The Kier molecular flexibility index (Phi) is 41.5. The average Bonchev–Trinajstić information content (AvgIpc) is 1.63. The van der Waals surface area contributed by atoms with Gasteiger partial charge in [0.15, 0.2) is 11.9 Å². The zero-order chi connectivity index (χ0) is 98.4. The molecule has 6 aliphatic rings. The van der Waals surface area contributed by atoms with Gasteiger partial charge in [0.1, 0.15) is 72.5 Å². The van der Waals surface area contributed by atoms with Gasteiger partial charge in [0.25, 0.3) is 0 Å². The van der Waals surface area contributed by atoms with Crippen molar-refractivity contribution in [2.45, 2.75) is 298 Å². The summed E-state index contributed by atoms with van der Waals surface area (Å²) >= 11 is 0. The molecular formula is C101H145N23O14. The van der Waals surface area contributed by atoms with E-state index in [1.54, 1.807) is 12.4 Å². The number of amides is 14. The Morgan fingerprint density at radius 3 is 1.22 bits per heavy atom. The first kappa shape index (κ1) is 105. The van der Waals surface area contributed by atoms with Crippen molar-refractivity contribution in [3.8, 4) is 0 Å². The number of fused-ring (bicyclic) bond motifs is 4. The van der Waals surface area contributed by atoms with Crippen LogP contribution in [0.25, 0.3) is 21.8 Å². The van der Waals surface area contributed by atoms with E-state index in [4.69, 9.17) is 28.7 Å². The van der Waals surface area contributed by atoms with E-state index in [0.717, 1.165) is 121 Å². The summed E-state index contributed by atoms with van der Waals surface area (Å²) in [6.45, 7) is 5.34. The molecule has 0 radical (unpaired) electrons. The lowest BCUT2D eigenvalue weighted by Crippen LogP contribution is -2.60. The highest BCUT2D eigenvalue weighted by molar-refractivity contribution is 6.01. The number of unbranched alkanes of at least 4 members (excludes halogenated alkanes) is 2. The quantitative estimate of drug-likeness (QED) is 0.0156. The summed E-state index contributed by atoms with van der Waals surface area (Å²) in [5.74, 6) is -6.88. The lowest BCUT2D eigenvalue weighted by Gasteiger charge is -2.32. The third-order valence-corrected chi connectivity index (χ3v) is 26.9. The number of H-pyrrole nitrogens is 2. The molecular weight excluding hydrogens is 1760 g/mol. The molecule has 6 heterocycles. The predicted molar refractivity (Wildman–Crippen MR) is 527 cm³/mol. The molecule has 0 unspecified atom stereocenters. The lowest BCUT2D eigenvalue weighted by atomic mass is 9.84. The Hall–Kier alpha value is -13.0. The molecule has 4 aliphatic heterocycles. The van der Waals surface area contributed by atoms with Gasteiger partial charge < -0.3 is 112 Å². The number of carbonyl (C=O) groups excluding carboxylic acids is 14. The Balaban J connectivity index is 0.000000265. The molecule has 37 nitrogen and oxygen atoms in total. The van der Waals surface area contributed by atoms with E-state index in [2.05, 4.69) is 83.8 Å². The summed E-state index contributed by atoms with van der Waals surface area (Å²) in [6.07, 6.45) is 20.2. The van der Waals surface area contributed by atoms with E-state index in [0.29, 0.717) is 64.3 Å². The molecule has 2 saturated carbocycles. The summed E-state index contributed by atoms with van der Waals surface area (Å²) < 4.78 is 0. The SMILES string of the molecule is CC(C)CC(=O)N[C@@H](Cc1ccccc1)C(=O)N[C@H]1CCCNC(=O)[C@H](CCCN=C(N)N)NC(=O)[C@H](Cc2c[nH]c3ccccc23)NC(=O)[C@@H](CC2CCCCC2)NC(=O)[C@@H]2CCCN2C1=O.NCCCCCC(=O)N[C@@H](Cc1ccccc1)C(=O)N[C@H]1CCCNC(=O)[C@H](CCCN=C(N)N)NC(=O)[C@H](Cc2c[nH]c3ccccc23)NC(=O)[C@@H](CC2CCCCC2)NC(=O)[C@@H]2CCCN2C1=O. The molecule has 2 aliphatic carbocycles. The first-order chi connectivity index (χ1) is 66.6. The fraction of sp³-hybridized carbons (Fsp3) is 0.564. The highest BCUT2D eigenvalue weighted by Gasteiger charge is 2.44. The first-order valence-electron chi connectivity index (χ1n) is 49.8. The van der Waals surface area contributed by atoms with Crippen molar-refractivity contribution in [2.24, 2.45) is 56.4 Å². The molecule has 12 rings (SSSR count). The standard InChI is InChI=1S/C51H74N12O7.C50H71N11O7/c52-25-11-3-8-24-44(64)58-40(29-33-15-4-1-5-16-33)46(66)60-39-22-13-26-55-45(65)38(21-12-27-56-51(53)54)59-48(68)42(31-35-32-57-37-20-10-9-19-36(35)37)61-47(67)41(30-34-17-6-2-7-18-34)62-49(69)43-23-14-28-63(43)50(39)70;1-31(2)26-43(62)56-39(27-32-14-5-3-6-15-32)45(64)58-38-21-12-23-53-44(63)37(20-11-24-54-50(51)52)57-47(66)41(29-34-30-55-36-19-10-9-18-35(34)36)59-46(65)40(28-33-16-7-4-8-17-33)60-48(67)42-22-13-25-61(42)49(38)68/h1,4-5,9-10,15-16,19-20,32,34,38-43,57H,2-3,6-8,11-14,17-18,21-31,52H2,(H,55,65)(H,58,64)(H,59,68)(H,60,66)(H,61,67)(H,62,69)(H4,53,54,56);3,5-6,9-10,14-15,18-19,30-31,33,37-42,55H,4,7-8,11-13,16-17,20-29H2,1-2H3,(H,53,63)(H,56,62)(H,57,66)(H,58,64)(H,59,65)(H,60,67)(H4,51,52,54)/t38-,39-,40-,41+,42-,43-;37-,38-,39-,40+,41-,42-/m00/s1. The van der Waals surface area contributed by atoms with Crippen LogP contribution in [0.5, 0.6) is 0 Å². The van der Waals surface area contributed by atoms with Crippen LogP contribution in [0, 0.1) is 17.8 Å². The number of nitrogens with zero attached hydrogens (tertiary/aromatic N) is 4. The monoisotopic (exact) mass is 1900 g/mol. The molecule has 2 aromatic heterocycles. The molecule has 12 atom stereocenters. The maximum Gasteiger partial charge on any atom is 0.245 e. The molecule has 6 aromatic rings. The van der Waals surface area contributed by atoms with Crippen LogP contribution in [0.1, 0.15) is 222 Å². The first-order valence-corrected chi connectivity index (χ1v) is 49.8. The van der Waals surface area contributed by atoms with Gasteiger partial charge in [-0.2, -0.15) is 0 Å². The summed E-state index contributed by atoms with van der Waals surface area (Å²) in [6, 6.07) is 21.1. The number of hydrogen-bond acceptors (Lipinski definition) is 17. The summed E-state index contributed by atoms with van der Waals surface area (Å²) in [5.41, 5.74) is 32.8. The molecule has 37 heteroatoms. The molecule has 6 fully saturated rings. The van der Waals surface area contributed by atoms with Crippen LogP contribution in [0.2, 0.25) is 0 Å². The van der Waals surface area contributed by atoms with Crippen LogP contribution in [-0.2, 0) is 92.8 Å². The van der Waals surface area contributed by atoms with Crippen molar-refractivity contribution in [1.82, 2.24) is 83.6 Å². The summed E-state index contributed by atoms with van der Waals surface area (Å²) in [4.78, 5) is 217. The minimum Gasteiger partial charge on any atom is -0.370 e. The minimum atomic E-state index is -1.15. The zero-order valence-electron chi connectivity index (χ0n) is 79.9. The van der Waals surface area contributed by atoms with E-state index < -0.39 is 143 Å². The van der Waals surface area contributed by atoms with E-state index in [1.165, 1.54) is 9.80 Å². The Morgan fingerprint density at radius 2 is 0.804 bits per heavy atom. The van der Waals surface area contributed by atoms with Crippen molar-refractivity contribution in [3.05, 3.63) is 144 Å². The number of rotatable bonds is 33. The second-order valence-electron chi connectivity index (χ2n) is 38.1. The van der Waals surface area contributed by atoms with Gasteiger partial charge >= 0.3 is 0 Å². The van der Waals surface area contributed by atoms with Gasteiger partial charge in [-0.1, -0.05) is 182 Å². The maximum atomic E-state index is 14.8. The van der Waals surface area contributed by atoms with Gasteiger partial charge in [0.05, 0.1) is 0 Å². The van der Waals surface area contributed by atoms with Gasteiger partial charge in [0.2, 0.25) is 82.7 Å². The summed E-state index contributed by atoms with van der Waals surface area (Å²) in [7, 11) is 0. The van der Waals surface area contributed by atoms with E-state index in [1.807, 2.05) is 123 Å². The maximum absolute atomic E-state index is 14.8. The number of guanidine groups is 2. The van der Waals surface area contributed by atoms with Crippen LogP contribution in [0.15, 0.2) is 132 Å².